The Morgan fingerprint density at radius 2 is 1.94 bits per heavy atom. The van der Waals surface area contributed by atoms with Gasteiger partial charge in [-0.15, -0.1) is 0 Å². The van der Waals surface area contributed by atoms with Crippen molar-refractivity contribution in [3.05, 3.63) is 11.6 Å². The molecule has 0 amide bonds. The van der Waals surface area contributed by atoms with Crippen LogP contribution in [-0.4, -0.2) is 57.8 Å². The summed E-state index contributed by atoms with van der Waals surface area (Å²) in [5, 5.41) is 21.3. The summed E-state index contributed by atoms with van der Waals surface area (Å²) in [6.45, 7) is 6.77. The molecule has 31 heavy (non-hydrogen) atoms. The molecule has 3 saturated carbocycles. The summed E-state index contributed by atoms with van der Waals surface area (Å²) in [5.74, 6) is -1.93. The van der Waals surface area contributed by atoms with E-state index in [1.807, 2.05) is 13.8 Å². The maximum atomic E-state index is 13.2. The number of fused-ring (bicyclic) bond motifs is 7. The van der Waals surface area contributed by atoms with Gasteiger partial charge in [-0.3, -0.25) is 14.4 Å². The quantitative estimate of drug-likeness (QED) is 0.640. The average Bonchev–Trinajstić information content (AvgIpc) is 3.08. The molecule has 0 radical (unpaired) electrons. The third-order valence-corrected chi connectivity index (χ3v) is 9.33. The van der Waals surface area contributed by atoms with E-state index in [1.165, 1.54) is 0 Å². The summed E-state index contributed by atoms with van der Waals surface area (Å²) < 4.78 is 12.5. The Morgan fingerprint density at radius 1 is 1.23 bits per heavy atom. The molecular formula is C24H32O7. The zero-order chi connectivity index (χ0) is 22.6. The number of rotatable bonds is 2. The van der Waals surface area contributed by atoms with Gasteiger partial charge in [0.2, 0.25) is 0 Å². The largest absolute Gasteiger partial charge is 0.393 e. The van der Waals surface area contributed by atoms with E-state index in [9.17, 15) is 24.6 Å². The Hall–Kier alpha value is -1.41. The fourth-order valence-electron chi connectivity index (χ4n) is 8.25. The maximum Gasteiger partial charge on any atom is 0.193 e. The standard InChI is InChI=1S/C24H32O7/c1-21(2)30-19-9-15-14-6-5-12-7-13(26)8-17(28)23(12,4)20(14)16(27)10-22(15,3)24(19,31-21)18(29)11-25/h7,14-16,19-20,25,27H,5-6,8-11H2,1-4H3/t14-,15-,16-,19+,20+,22-,23+,24+/m0/s1. The second-order valence-electron chi connectivity index (χ2n) is 11.1. The van der Waals surface area contributed by atoms with Gasteiger partial charge in [-0.05, 0) is 64.4 Å². The highest BCUT2D eigenvalue weighted by molar-refractivity contribution is 6.11. The van der Waals surface area contributed by atoms with Crippen molar-refractivity contribution in [1.82, 2.24) is 0 Å². The molecule has 4 aliphatic carbocycles. The molecule has 1 heterocycles. The summed E-state index contributed by atoms with van der Waals surface area (Å²) in [6, 6.07) is 0. The summed E-state index contributed by atoms with van der Waals surface area (Å²) in [7, 11) is 0. The second-order valence-corrected chi connectivity index (χ2v) is 11.1. The van der Waals surface area contributed by atoms with E-state index >= 15 is 0 Å². The van der Waals surface area contributed by atoms with Crippen LogP contribution < -0.4 is 0 Å². The molecule has 4 fully saturated rings. The van der Waals surface area contributed by atoms with Crippen LogP contribution in [0.1, 0.15) is 59.8 Å². The van der Waals surface area contributed by atoms with Crippen LogP contribution in [0.25, 0.3) is 0 Å². The molecule has 0 aromatic carbocycles. The first-order valence-electron chi connectivity index (χ1n) is 11.4. The van der Waals surface area contributed by atoms with E-state index in [4.69, 9.17) is 9.47 Å². The van der Waals surface area contributed by atoms with Crippen molar-refractivity contribution in [2.24, 2.45) is 28.6 Å². The van der Waals surface area contributed by atoms with Crippen molar-refractivity contribution in [2.45, 2.75) is 83.4 Å². The molecule has 8 atom stereocenters. The first kappa shape index (κ1) is 21.4. The lowest BCUT2D eigenvalue weighted by Crippen LogP contribution is -2.65. The molecule has 5 aliphatic rings. The van der Waals surface area contributed by atoms with Crippen molar-refractivity contribution in [3.63, 3.8) is 0 Å². The molecule has 7 nitrogen and oxygen atoms in total. The highest BCUT2D eigenvalue weighted by atomic mass is 16.8. The van der Waals surface area contributed by atoms with Crippen LogP contribution in [0.15, 0.2) is 11.6 Å². The SMILES string of the molecule is CC1(C)O[C@@H]2C[C@H]3[C@@H]4CCC5=CC(=O)CC(=O)[C@]5(C)[C@H]4[C@@H](O)C[C@]3(C)[C@]2(C(=O)CO)O1. The van der Waals surface area contributed by atoms with E-state index in [2.05, 4.69) is 0 Å². The van der Waals surface area contributed by atoms with Gasteiger partial charge in [-0.2, -0.15) is 0 Å². The van der Waals surface area contributed by atoms with E-state index in [0.717, 1.165) is 12.0 Å². The number of ether oxygens (including phenoxy) is 2. The van der Waals surface area contributed by atoms with Gasteiger partial charge in [0, 0.05) is 11.3 Å². The fraction of sp³-hybridized carbons (Fsp3) is 0.792. The summed E-state index contributed by atoms with van der Waals surface area (Å²) in [5.41, 5.74) is -2.06. The van der Waals surface area contributed by atoms with E-state index in [1.54, 1.807) is 19.9 Å². The van der Waals surface area contributed by atoms with Gasteiger partial charge >= 0.3 is 0 Å². The smallest absolute Gasteiger partial charge is 0.193 e. The number of ketones is 3. The van der Waals surface area contributed by atoms with Crippen molar-refractivity contribution >= 4 is 17.3 Å². The summed E-state index contributed by atoms with van der Waals surface area (Å²) >= 11 is 0. The maximum absolute atomic E-state index is 13.2. The first-order valence-corrected chi connectivity index (χ1v) is 11.4. The Balaban J connectivity index is 1.61. The molecule has 170 valence electrons. The third-order valence-electron chi connectivity index (χ3n) is 9.33. The number of aliphatic hydroxyl groups is 2. The van der Waals surface area contributed by atoms with Crippen LogP contribution in [0.3, 0.4) is 0 Å². The normalized spacial score (nSPS) is 50.3. The number of aliphatic hydroxyl groups excluding tert-OH is 2. The molecule has 2 N–H and O–H groups in total. The highest BCUT2D eigenvalue weighted by Crippen LogP contribution is 2.70. The lowest BCUT2D eigenvalue weighted by Gasteiger charge is -2.60. The Kier molecular flexibility index (Phi) is 4.38. The monoisotopic (exact) mass is 432 g/mol. The average molecular weight is 433 g/mol. The van der Waals surface area contributed by atoms with Crippen LogP contribution in [0.4, 0.5) is 0 Å². The fourth-order valence-corrected chi connectivity index (χ4v) is 8.25. The van der Waals surface area contributed by atoms with Crippen LogP contribution in [0.5, 0.6) is 0 Å². The number of allylic oxidation sites excluding steroid dienone is 1. The molecule has 0 aromatic heterocycles. The van der Waals surface area contributed by atoms with Crippen molar-refractivity contribution in [1.29, 1.82) is 0 Å². The van der Waals surface area contributed by atoms with Gasteiger partial charge in [-0.1, -0.05) is 12.5 Å². The molecule has 1 aliphatic heterocycles. The Morgan fingerprint density at radius 3 is 2.61 bits per heavy atom. The molecule has 0 unspecified atom stereocenters. The molecular weight excluding hydrogens is 400 g/mol. The number of hydrogen-bond donors (Lipinski definition) is 2. The van der Waals surface area contributed by atoms with Crippen LogP contribution >= 0.6 is 0 Å². The zero-order valence-corrected chi connectivity index (χ0v) is 18.6. The second kappa shape index (κ2) is 6.34. The van der Waals surface area contributed by atoms with Gasteiger partial charge in [0.05, 0.1) is 24.0 Å². The minimum atomic E-state index is -1.31. The number of carbonyl (C=O) groups is 3. The number of hydrogen-bond acceptors (Lipinski definition) is 7. The summed E-state index contributed by atoms with van der Waals surface area (Å²) in [4.78, 5) is 38.3. The topological polar surface area (TPSA) is 110 Å². The van der Waals surface area contributed by atoms with Gasteiger partial charge in [0.1, 0.15) is 6.61 Å². The van der Waals surface area contributed by atoms with Crippen molar-refractivity contribution in [3.8, 4) is 0 Å². The minimum Gasteiger partial charge on any atom is -0.393 e. The van der Waals surface area contributed by atoms with E-state index in [0.29, 0.717) is 12.8 Å². The lowest BCUT2D eigenvalue weighted by atomic mass is 9.45. The number of carbonyl (C=O) groups excluding carboxylic acids is 3. The minimum absolute atomic E-state index is 0.00121. The third kappa shape index (κ3) is 2.46. The predicted molar refractivity (Wildman–Crippen MR) is 109 cm³/mol. The molecule has 7 heteroatoms. The summed E-state index contributed by atoms with van der Waals surface area (Å²) in [6.07, 6.45) is 2.41. The van der Waals surface area contributed by atoms with Gasteiger partial charge in [-0.25, -0.2) is 0 Å². The molecule has 0 spiro atoms. The van der Waals surface area contributed by atoms with Crippen molar-refractivity contribution < 1.29 is 34.1 Å². The zero-order valence-electron chi connectivity index (χ0n) is 18.6. The first-order chi connectivity index (χ1) is 14.4. The van der Waals surface area contributed by atoms with Crippen molar-refractivity contribution in [2.75, 3.05) is 6.61 Å². The Bertz CT molecular complexity index is 906. The van der Waals surface area contributed by atoms with E-state index < -0.39 is 46.8 Å². The van der Waals surface area contributed by atoms with Crippen LogP contribution in [0, 0.1) is 28.6 Å². The molecule has 1 saturated heterocycles. The van der Waals surface area contributed by atoms with Gasteiger partial charge in [0.25, 0.3) is 0 Å². The molecule has 5 rings (SSSR count). The van der Waals surface area contributed by atoms with Crippen LogP contribution in [0.2, 0.25) is 0 Å². The highest BCUT2D eigenvalue weighted by Gasteiger charge is 2.77. The lowest BCUT2D eigenvalue weighted by molar-refractivity contribution is -0.226. The van der Waals surface area contributed by atoms with E-state index in [-0.39, 0.29) is 42.2 Å². The van der Waals surface area contributed by atoms with Gasteiger partial charge < -0.3 is 19.7 Å². The van der Waals surface area contributed by atoms with Gasteiger partial charge in [0.15, 0.2) is 28.7 Å². The number of Topliss-reactive ketones (excluding diaryl/α,β-unsaturated/α-hetero) is 2. The molecule has 0 aromatic rings. The predicted octanol–water partition coefficient (Wildman–Crippen LogP) is 1.73. The Labute approximate surface area is 182 Å². The van der Waals surface area contributed by atoms with Crippen LogP contribution in [-0.2, 0) is 23.9 Å². The molecule has 0 bridgehead atoms.